The van der Waals surface area contributed by atoms with Crippen LogP contribution in [0.2, 0.25) is 0 Å². The number of hydrogen-bond donors (Lipinski definition) is 2. The Morgan fingerprint density at radius 3 is 1.71 bits per heavy atom. The van der Waals surface area contributed by atoms with Gasteiger partial charge < -0.3 is 29.4 Å². The predicted octanol–water partition coefficient (Wildman–Crippen LogP) is 2.27. The molecule has 0 saturated heterocycles. The number of carbonyl (C=O) groups excluding carboxylic acids is 3. The number of nitrogens with one attached hydrogen (secondary N) is 1. The number of carboxylic acids is 1. The molecular weight excluding hydrogens is 458 g/mol. The summed E-state index contributed by atoms with van der Waals surface area (Å²) in [4.78, 5) is 46.3. The Morgan fingerprint density at radius 2 is 1.23 bits per heavy atom. The number of carbonyl (C=O) groups is 4. The van der Waals surface area contributed by atoms with E-state index in [-0.39, 0.29) is 48.7 Å². The highest BCUT2D eigenvalue weighted by Crippen LogP contribution is 2.15. The van der Waals surface area contributed by atoms with Crippen molar-refractivity contribution >= 4 is 23.4 Å². The zero-order chi connectivity index (χ0) is 26.5. The van der Waals surface area contributed by atoms with Gasteiger partial charge in [-0.1, -0.05) is 27.7 Å². The van der Waals surface area contributed by atoms with Crippen LogP contribution in [0.4, 0.5) is 0 Å². The summed E-state index contributed by atoms with van der Waals surface area (Å²) in [6, 6.07) is 0. The van der Waals surface area contributed by atoms with Gasteiger partial charge in [-0.15, -0.1) is 0 Å². The van der Waals surface area contributed by atoms with Gasteiger partial charge in [-0.25, -0.2) is 0 Å². The third-order valence-electron chi connectivity index (χ3n) is 5.24. The number of carboxylic acid groups (broad SMARTS) is 1. The molecular formula is C25H45NO9. The van der Waals surface area contributed by atoms with Crippen molar-refractivity contribution in [2.45, 2.75) is 59.8 Å². The van der Waals surface area contributed by atoms with Crippen LogP contribution < -0.4 is 5.32 Å². The molecule has 2 N–H and O–H groups in total. The van der Waals surface area contributed by atoms with Gasteiger partial charge in [0.25, 0.3) is 0 Å². The molecule has 0 radical (unpaired) electrons. The van der Waals surface area contributed by atoms with E-state index in [0.29, 0.717) is 72.1 Å². The van der Waals surface area contributed by atoms with Crippen molar-refractivity contribution in [3.8, 4) is 0 Å². The minimum Gasteiger partial charge on any atom is -0.481 e. The van der Waals surface area contributed by atoms with Gasteiger partial charge in [-0.2, -0.15) is 0 Å². The predicted molar refractivity (Wildman–Crippen MR) is 130 cm³/mol. The van der Waals surface area contributed by atoms with Crippen LogP contribution in [0.15, 0.2) is 0 Å². The first kappa shape index (κ1) is 33.1. The Labute approximate surface area is 209 Å². The smallest absolute Gasteiger partial charge is 0.304 e. The van der Waals surface area contributed by atoms with Crippen LogP contribution in [0, 0.1) is 17.8 Å². The fraction of sp³-hybridized carbons (Fsp3) is 0.840. The molecule has 0 fully saturated rings. The van der Waals surface area contributed by atoms with Gasteiger partial charge in [-0.05, 0) is 12.3 Å². The zero-order valence-electron chi connectivity index (χ0n) is 21.8. The molecule has 0 aromatic heterocycles. The molecule has 0 saturated carbocycles. The fourth-order valence-corrected chi connectivity index (χ4v) is 3.00. The van der Waals surface area contributed by atoms with E-state index in [2.05, 4.69) is 5.32 Å². The minimum atomic E-state index is -1.01. The maximum absolute atomic E-state index is 12.1. The summed E-state index contributed by atoms with van der Waals surface area (Å²) in [6.45, 7) is 11.1. The Bertz CT molecular complexity index is 608. The second-order valence-corrected chi connectivity index (χ2v) is 8.95. The molecule has 1 amide bonds. The topological polar surface area (TPSA) is 137 Å². The van der Waals surface area contributed by atoms with E-state index >= 15 is 0 Å². The van der Waals surface area contributed by atoms with Gasteiger partial charge >= 0.3 is 5.97 Å². The van der Waals surface area contributed by atoms with Crippen LogP contribution in [0.3, 0.4) is 0 Å². The van der Waals surface area contributed by atoms with Crippen LogP contribution in [-0.2, 0) is 38.1 Å². The summed E-state index contributed by atoms with van der Waals surface area (Å²) < 4.78 is 21.6. The van der Waals surface area contributed by atoms with Crippen molar-refractivity contribution < 1.29 is 43.2 Å². The van der Waals surface area contributed by atoms with Gasteiger partial charge in [0.05, 0.1) is 58.6 Å². The second kappa shape index (κ2) is 21.4. The highest BCUT2D eigenvalue weighted by molar-refractivity contribution is 5.84. The molecule has 1 unspecified atom stereocenters. The lowest BCUT2D eigenvalue weighted by molar-refractivity contribution is -0.142. The molecule has 0 aromatic carbocycles. The van der Waals surface area contributed by atoms with E-state index in [0.717, 1.165) is 0 Å². The van der Waals surface area contributed by atoms with Crippen LogP contribution in [-0.4, -0.2) is 87.9 Å². The van der Waals surface area contributed by atoms with E-state index in [1.54, 1.807) is 13.8 Å². The maximum Gasteiger partial charge on any atom is 0.304 e. The van der Waals surface area contributed by atoms with Crippen LogP contribution >= 0.6 is 0 Å². The number of amides is 1. The molecule has 0 rings (SSSR count). The average Bonchev–Trinajstić information content (AvgIpc) is 2.79. The summed E-state index contributed by atoms with van der Waals surface area (Å²) in [7, 11) is 0. The highest BCUT2D eigenvalue weighted by Gasteiger charge is 2.24. The van der Waals surface area contributed by atoms with E-state index in [1.165, 1.54) is 0 Å². The first-order valence-corrected chi connectivity index (χ1v) is 12.5. The molecule has 0 spiro atoms. The molecule has 0 aliphatic rings. The fourth-order valence-electron chi connectivity index (χ4n) is 3.00. The molecule has 10 nitrogen and oxygen atoms in total. The van der Waals surface area contributed by atoms with Crippen molar-refractivity contribution in [3.63, 3.8) is 0 Å². The number of hydrogen-bond acceptors (Lipinski definition) is 8. The number of Topliss-reactive ketones (excluding diaryl/α,β-unsaturated/α-hetero) is 2. The summed E-state index contributed by atoms with van der Waals surface area (Å²) in [5, 5.41) is 11.6. The number of aliphatic carboxylic acids is 1. The van der Waals surface area contributed by atoms with E-state index < -0.39 is 11.9 Å². The van der Waals surface area contributed by atoms with Gasteiger partial charge in [0.15, 0.2) is 0 Å². The van der Waals surface area contributed by atoms with Gasteiger partial charge in [0, 0.05) is 38.3 Å². The maximum atomic E-state index is 12.1. The second-order valence-electron chi connectivity index (χ2n) is 8.95. The van der Waals surface area contributed by atoms with Crippen molar-refractivity contribution in [2.75, 3.05) is 59.4 Å². The lowest BCUT2D eigenvalue weighted by Gasteiger charge is -2.18. The third-order valence-corrected chi connectivity index (χ3v) is 5.24. The molecule has 0 heterocycles. The number of ether oxygens (including phenoxy) is 4. The molecule has 35 heavy (non-hydrogen) atoms. The van der Waals surface area contributed by atoms with Gasteiger partial charge in [-0.3, -0.25) is 19.2 Å². The Balaban J connectivity index is 3.49. The van der Waals surface area contributed by atoms with Crippen molar-refractivity contribution in [3.05, 3.63) is 0 Å². The monoisotopic (exact) mass is 503 g/mol. The summed E-state index contributed by atoms with van der Waals surface area (Å²) in [5.74, 6) is -1.76. The van der Waals surface area contributed by atoms with E-state index in [4.69, 9.17) is 24.1 Å². The molecule has 1 atom stereocenters. The van der Waals surface area contributed by atoms with Crippen LogP contribution in [0.1, 0.15) is 59.8 Å². The molecule has 0 aliphatic heterocycles. The van der Waals surface area contributed by atoms with Crippen molar-refractivity contribution in [2.24, 2.45) is 17.8 Å². The third kappa shape index (κ3) is 20.1. The summed E-state index contributed by atoms with van der Waals surface area (Å²) in [5.41, 5.74) is 0. The summed E-state index contributed by atoms with van der Waals surface area (Å²) >= 11 is 0. The normalized spacial score (nSPS) is 12.2. The van der Waals surface area contributed by atoms with E-state index in [9.17, 15) is 19.2 Å². The SMILES string of the molecule is CC(C)C(=O)CCOCCOCCOCCOCCCC(=O)CCNC(=O)C(CC(=O)O)C(C)C. The molecule has 0 aromatic rings. The first-order chi connectivity index (χ1) is 16.6. The quantitative estimate of drug-likeness (QED) is 0.190. The Morgan fingerprint density at radius 1 is 0.714 bits per heavy atom. The van der Waals surface area contributed by atoms with Gasteiger partial charge in [0.2, 0.25) is 5.91 Å². The van der Waals surface area contributed by atoms with Crippen LogP contribution in [0.5, 0.6) is 0 Å². The Kier molecular flexibility index (Phi) is 20.3. The molecule has 0 bridgehead atoms. The zero-order valence-corrected chi connectivity index (χ0v) is 21.8. The number of rotatable bonds is 24. The highest BCUT2D eigenvalue weighted by atomic mass is 16.6. The molecule has 10 heteroatoms. The molecule has 204 valence electrons. The van der Waals surface area contributed by atoms with E-state index in [1.807, 2.05) is 13.8 Å². The lowest BCUT2D eigenvalue weighted by Crippen LogP contribution is -2.36. The lowest BCUT2D eigenvalue weighted by atomic mass is 9.91. The Hall–Kier alpha value is -1.88. The standard InChI is InChI=1S/C25H45NO9/c1-19(2)22(18-24(29)30)25(31)26-9-7-21(27)6-5-10-32-12-14-34-16-17-35-15-13-33-11-8-23(28)20(3)4/h19-20,22H,5-18H2,1-4H3,(H,26,31)(H,29,30). The largest absolute Gasteiger partial charge is 0.481 e. The molecule has 0 aliphatic carbocycles. The first-order valence-electron chi connectivity index (χ1n) is 12.5. The van der Waals surface area contributed by atoms with Gasteiger partial charge in [0.1, 0.15) is 11.6 Å². The van der Waals surface area contributed by atoms with Crippen molar-refractivity contribution in [1.82, 2.24) is 5.32 Å². The minimum absolute atomic E-state index is 0.0251. The van der Waals surface area contributed by atoms with Crippen LogP contribution in [0.25, 0.3) is 0 Å². The summed E-state index contributed by atoms with van der Waals surface area (Å²) in [6.07, 6.45) is 1.38. The average molecular weight is 504 g/mol. The number of ketones is 2. The van der Waals surface area contributed by atoms with Crippen molar-refractivity contribution in [1.29, 1.82) is 0 Å².